The number of carbonyl (C=O) groups is 2. The van der Waals surface area contributed by atoms with Crippen LogP contribution in [-0.4, -0.2) is 50.2 Å². The number of hydrogen-bond donors (Lipinski definition) is 0. The number of allylic oxidation sites excluding steroid dienone is 1. The van der Waals surface area contributed by atoms with Crippen LogP contribution in [0.25, 0.3) is 5.57 Å². The van der Waals surface area contributed by atoms with E-state index in [1.165, 1.54) is 26.4 Å². The Hall–Kier alpha value is -4.48. The van der Waals surface area contributed by atoms with Crippen molar-refractivity contribution in [3.05, 3.63) is 72.8 Å². The molecule has 12 nitrogen and oxygen atoms in total. The second-order valence-electron chi connectivity index (χ2n) is 7.05. The molecule has 0 radical (unpaired) electrons. The van der Waals surface area contributed by atoms with Crippen LogP contribution in [0.4, 0.5) is 11.4 Å². The minimum Gasteiger partial charge on any atom is -0.495 e. The van der Waals surface area contributed by atoms with Crippen molar-refractivity contribution >= 4 is 28.9 Å². The SMILES string of the molecule is CCCC=C(c1cc([N+](=O)[O-])cc(C(=O)OC)c1OC)c1cc([N+](=O)[O-])cc(C(=O)OC)c1OC. The molecule has 12 heteroatoms. The average molecular weight is 488 g/mol. The summed E-state index contributed by atoms with van der Waals surface area (Å²) in [4.78, 5) is 46.8. The smallest absolute Gasteiger partial charge is 0.341 e. The molecule has 0 aliphatic rings. The van der Waals surface area contributed by atoms with E-state index in [9.17, 15) is 29.8 Å². The average Bonchev–Trinajstić information content (AvgIpc) is 2.86. The number of nitro groups is 2. The third kappa shape index (κ3) is 5.54. The zero-order chi connectivity index (χ0) is 26.3. The maximum absolute atomic E-state index is 12.4. The molecule has 0 unspecified atom stereocenters. The number of methoxy groups -OCH3 is 4. The second kappa shape index (κ2) is 11.6. The van der Waals surface area contributed by atoms with Crippen LogP contribution in [-0.2, 0) is 9.47 Å². The van der Waals surface area contributed by atoms with Gasteiger partial charge in [-0.25, -0.2) is 9.59 Å². The molecule has 2 aromatic rings. The molecule has 0 saturated carbocycles. The molecule has 0 aliphatic carbocycles. The van der Waals surface area contributed by atoms with Gasteiger partial charge in [-0.1, -0.05) is 19.4 Å². The fourth-order valence-corrected chi connectivity index (χ4v) is 3.45. The number of ether oxygens (including phenoxy) is 4. The maximum Gasteiger partial charge on any atom is 0.341 e. The molecule has 186 valence electrons. The van der Waals surface area contributed by atoms with Crippen molar-refractivity contribution in [2.45, 2.75) is 19.8 Å². The van der Waals surface area contributed by atoms with Gasteiger partial charge in [0, 0.05) is 35.4 Å². The minimum absolute atomic E-state index is 0.0574. The van der Waals surface area contributed by atoms with Crippen molar-refractivity contribution in [2.24, 2.45) is 0 Å². The maximum atomic E-state index is 12.4. The zero-order valence-electron chi connectivity index (χ0n) is 19.8. The summed E-state index contributed by atoms with van der Waals surface area (Å²) in [7, 11) is 4.75. The lowest BCUT2D eigenvalue weighted by atomic mass is 9.91. The van der Waals surface area contributed by atoms with E-state index >= 15 is 0 Å². The fourth-order valence-electron chi connectivity index (χ4n) is 3.45. The van der Waals surface area contributed by atoms with Crippen LogP contribution in [0, 0.1) is 20.2 Å². The Morgan fingerprint density at radius 2 is 1.14 bits per heavy atom. The zero-order valence-corrected chi connectivity index (χ0v) is 19.8. The Morgan fingerprint density at radius 1 is 0.771 bits per heavy atom. The van der Waals surface area contributed by atoms with Crippen LogP contribution < -0.4 is 9.47 Å². The lowest BCUT2D eigenvalue weighted by Crippen LogP contribution is -2.10. The minimum atomic E-state index is -0.886. The molecular formula is C23H24N2O10. The molecular weight excluding hydrogens is 464 g/mol. The lowest BCUT2D eigenvalue weighted by molar-refractivity contribution is -0.385. The van der Waals surface area contributed by atoms with Gasteiger partial charge in [0.15, 0.2) is 0 Å². The quantitative estimate of drug-likeness (QED) is 0.268. The Bertz CT molecular complexity index is 1120. The van der Waals surface area contributed by atoms with E-state index in [2.05, 4.69) is 0 Å². The van der Waals surface area contributed by atoms with E-state index in [1.807, 2.05) is 6.92 Å². The molecule has 0 saturated heterocycles. The van der Waals surface area contributed by atoms with Gasteiger partial charge in [-0.3, -0.25) is 20.2 Å². The van der Waals surface area contributed by atoms with Gasteiger partial charge >= 0.3 is 11.9 Å². The van der Waals surface area contributed by atoms with Crippen LogP contribution >= 0.6 is 0 Å². The molecule has 0 spiro atoms. The first-order chi connectivity index (χ1) is 16.6. The highest BCUT2D eigenvalue weighted by Gasteiger charge is 2.29. The number of esters is 2. The number of benzene rings is 2. The summed E-state index contributed by atoms with van der Waals surface area (Å²) in [5, 5.41) is 23.3. The van der Waals surface area contributed by atoms with E-state index in [4.69, 9.17) is 18.9 Å². The Morgan fingerprint density at radius 3 is 1.43 bits per heavy atom. The van der Waals surface area contributed by atoms with Gasteiger partial charge in [0.25, 0.3) is 11.4 Å². The molecule has 2 aromatic carbocycles. The summed E-state index contributed by atoms with van der Waals surface area (Å²) < 4.78 is 20.4. The first kappa shape index (κ1) is 26.8. The second-order valence-corrected chi connectivity index (χ2v) is 7.05. The number of nitro benzene ring substituents is 2. The standard InChI is InChI=1S/C23H24N2O10/c1-6-7-8-15(16-9-13(24(28)29)11-18(20(16)32-2)22(26)34-4)17-10-14(25(30)31)12-19(21(17)33-3)23(27)35-5/h8-12H,6-7H2,1-5H3. The van der Waals surface area contributed by atoms with E-state index in [-0.39, 0.29) is 39.3 Å². The number of non-ortho nitro benzene ring substituents is 2. The third-order valence-corrected chi connectivity index (χ3v) is 5.01. The van der Waals surface area contributed by atoms with Gasteiger partial charge in [-0.15, -0.1) is 0 Å². The Balaban J connectivity index is 3.09. The fraction of sp³-hybridized carbons (Fsp3) is 0.304. The predicted molar refractivity (Wildman–Crippen MR) is 124 cm³/mol. The predicted octanol–water partition coefficient (Wildman–Crippen LogP) is 4.33. The molecule has 2 rings (SSSR count). The van der Waals surface area contributed by atoms with Gasteiger partial charge in [-0.05, 0) is 12.0 Å². The molecule has 0 N–H and O–H groups in total. The normalized spacial score (nSPS) is 10.2. The Labute approximate surface area is 200 Å². The molecule has 0 aliphatic heterocycles. The van der Waals surface area contributed by atoms with Crippen molar-refractivity contribution in [3.8, 4) is 11.5 Å². The molecule has 0 aromatic heterocycles. The number of hydrogen-bond acceptors (Lipinski definition) is 10. The first-order valence-electron chi connectivity index (χ1n) is 10.2. The third-order valence-electron chi connectivity index (χ3n) is 5.01. The monoisotopic (exact) mass is 488 g/mol. The number of unbranched alkanes of at least 4 members (excludes halogenated alkanes) is 1. The van der Waals surface area contributed by atoms with E-state index in [1.54, 1.807) is 6.08 Å². The number of carbonyl (C=O) groups excluding carboxylic acids is 2. The van der Waals surface area contributed by atoms with Gasteiger partial charge in [0.2, 0.25) is 0 Å². The molecule has 0 bridgehead atoms. The van der Waals surface area contributed by atoms with Crippen LogP contribution in [0.2, 0.25) is 0 Å². The Kier molecular flexibility index (Phi) is 8.86. The van der Waals surface area contributed by atoms with Gasteiger partial charge in [-0.2, -0.15) is 0 Å². The van der Waals surface area contributed by atoms with E-state index < -0.39 is 33.2 Å². The van der Waals surface area contributed by atoms with Crippen LogP contribution in [0.15, 0.2) is 30.3 Å². The molecule has 0 heterocycles. The van der Waals surface area contributed by atoms with Crippen LogP contribution in [0.5, 0.6) is 11.5 Å². The summed E-state index contributed by atoms with van der Waals surface area (Å²) in [6.45, 7) is 1.88. The van der Waals surface area contributed by atoms with Gasteiger partial charge < -0.3 is 18.9 Å². The molecule has 0 atom stereocenters. The summed E-state index contributed by atoms with van der Waals surface area (Å²) in [6.07, 6.45) is 2.74. The number of nitrogens with zero attached hydrogens (tertiary/aromatic N) is 2. The van der Waals surface area contributed by atoms with Crippen molar-refractivity contribution in [1.29, 1.82) is 0 Å². The van der Waals surface area contributed by atoms with Crippen molar-refractivity contribution in [3.63, 3.8) is 0 Å². The summed E-state index contributed by atoms with van der Waals surface area (Å²) in [5.74, 6) is -1.89. The number of rotatable bonds is 10. The topological polar surface area (TPSA) is 157 Å². The summed E-state index contributed by atoms with van der Waals surface area (Å²) >= 11 is 0. The van der Waals surface area contributed by atoms with E-state index in [0.717, 1.165) is 26.4 Å². The van der Waals surface area contributed by atoms with Crippen LogP contribution in [0.3, 0.4) is 0 Å². The first-order valence-corrected chi connectivity index (χ1v) is 10.2. The molecule has 35 heavy (non-hydrogen) atoms. The largest absolute Gasteiger partial charge is 0.495 e. The van der Waals surface area contributed by atoms with Gasteiger partial charge in [0.05, 0.1) is 38.3 Å². The summed E-state index contributed by atoms with van der Waals surface area (Å²) in [6, 6.07) is 4.36. The van der Waals surface area contributed by atoms with Crippen LogP contribution in [0.1, 0.15) is 51.6 Å². The van der Waals surface area contributed by atoms with Crippen molar-refractivity contribution in [2.75, 3.05) is 28.4 Å². The highest BCUT2D eigenvalue weighted by atomic mass is 16.6. The molecule has 0 fully saturated rings. The van der Waals surface area contributed by atoms with Crippen molar-refractivity contribution < 1.29 is 38.4 Å². The highest BCUT2D eigenvalue weighted by Crippen LogP contribution is 2.43. The molecule has 0 amide bonds. The lowest BCUT2D eigenvalue weighted by Gasteiger charge is -2.19. The van der Waals surface area contributed by atoms with Crippen molar-refractivity contribution in [1.82, 2.24) is 0 Å². The van der Waals surface area contributed by atoms with Gasteiger partial charge in [0.1, 0.15) is 22.6 Å². The van der Waals surface area contributed by atoms with E-state index in [0.29, 0.717) is 12.8 Å². The summed E-state index contributed by atoms with van der Waals surface area (Å²) in [5.41, 5.74) is -0.973. The highest BCUT2D eigenvalue weighted by molar-refractivity contribution is 6.00.